The number of benzene rings is 2. The first-order valence-electron chi connectivity index (χ1n) is 8.22. The van der Waals surface area contributed by atoms with Gasteiger partial charge in [-0.2, -0.15) is 0 Å². The molecule has 2 aromatic carbocycles. The molecule has 0 spiro atoms. The summed E-state index contributed by atoms with van der Waals surface area (Å²) < 4.78 is 11.7. The minimum absolute atomic E-state index is 0. The molecule has 0 radical (unpaired) electrons. The van der Waals surface area contributed by atoms with Gasteiger partial charge in [-0.25, -0.2) is 4.79 Å². The van der Waals surface area contributed by atoms with E-state index in [1.807, 2.05) is 67.7 Å². The molecule has 134 valence electrons. The van der Waals surface area contributed by atoms with Crippen LogP contribution >= 0.6 is 12.4 Å². The van der Waals surface area contributed by atoms with Crippen molar-refractivity contribution in [1.29, 1.82) is 0 Å². The van der Waals surface area contributed by atoms with E-state index in [1.54, 1.807) is 7.11 Å². The Labute approximate surface area is 155 Å². The number of hydrogen-bond donors (Lipinski definition) is 0. The molecule has 1 saturated heterocycles. The summed E-state index contributed by atoms with van der Waals surface area (Å²) in [5, 5.41) is 0. The number of hydrogen-bond acceptors (Lipinski definition) is 4. The number of methoxy groups -OCH3 is 1. The predicted molar refractivity (Wildman–Crippen MR) is 99.9 cm³/mol. The van der Waals surface area contributed by atoms with Crippen LogP contribution in [0.1, 0.15) is 17.5 Å². The maximum absolute atomic E-state index is 13.2. The number of carbonyl (C=O) groups excluding carboxylic acids is 1. The molecule has 1 atom stereocenters. The predicted octanol–water partition coefficient (Wildman–Crippen LogP) is 3.25. The summed E-state index contributed by atoms with van der Waals surface area (Å²) in [6.45, 7) is 1.70. The molecule has 0 aliphatic carbocycles. The van der Waals surface area contributed by atoms with Crippen molar-refractivity contribution in [2.24, 2.45) is 0 Å². The molecule has 1 aliphatic heterocycles. The van der Waals surface area contributed by atoms with Gasteiger partial charge in [0.15, 0.2) is 0 Å². The third kappa shape index (κ3) is 3.87. The molecule has 0 amide bonds. The SMILES string of the molecule is COC(C(=O)OC1CCN(C)C1)(c1ccccc1)c1ccccc1.Cl. The topological polar surface area (TPSA) is 38.8 Å². The van der Waals surface area contributed by atoms with Gasteiger partial charge in [-0.3, -0.25) is 0 Å². The van der Waals surface area contributed by atoms with E-state index in [2.05, 4.69) is 4.90 Å². The summed E-state index contributed by atoms with van der Waals surface area (Å²) in [5.74, 6) is -0.359. The van der Waals surface area contributed by atoms with Crippen molar-refractivity contribution in [2.45, 2.75) is 18.1 Å². The summed E-state index contributed by atoms with van der Waals surface area (Å²) in [6.07, 6.45) is 0.760. The molecule has 5 heteroatoms. The van der Waals surface area contributed by atoms with E-state index in [0.29, 0.717) is 0 Å². The number of esters is 1. The molecule has 2 aromatic rings. The molecule has 1 fully saturated rings. The highest BCUT2D eigenvalue weighted by Crippen LogP contribution is 2.35. The molecule has 0 N–H and O–H groups in total. The second kappa shape index (κ2) is 8.48. The molecule has 1 heterocycles. The van der Waals surface area contributed by atoms with Crippen molar-refractivity contribution in [3.8, 4) is 0 Å². The Kier molecular flexibility index (Phi) is 6.59. The minimum Gasteiger partial charge on any atom is -0.458 e. The largest absolute Gasteiger partial charge is 0.458 e. The summed E-state index contributed by atoms with van der Waals surface area (Å²) >= 11 is 0. The smallest absolute Gasteiger partial charge is 0.348 e. The van der Waals surface area contributed by atoms with Crippen molar-refractivity contribution >= 4 is 18.4 Å². The molecule has 1 unspecified atom stereocenters. The van der Waals surface area contributed by atoms with Gasteiger partial charge in [-0.05, 0) is 24.6 Å². The second-order valence-corrected chi connectivity index (χ2v) is 6.20. The van der Waals surface area contributed by atoms with Gasteiger partial charge in [0.1, 0.15) is 6.10 Å². The highest BCUT2D eigenvalue weighted by Gasteiger charge is 2.45. The average Bonchev–Trinajstić information content (AvgIpc) is 3.03. The quantitative estimate of drug-likeness (QED) is 0.766. The Balaban J connectivity index is 0.00000225. The summed E-state index contributed by atoms with van der Waals surface area (Å²) in [5.41, 5.74) is 0.300. The molecular weight excluding hydrogens is 338 g/mol. The van der Waals surface area contributed by atoms with Gasteiger partial charge in [0.2, 0.25) is 5.60 Å². The van der Waals surface area contributed by atoms with E-state index >= 15 is 0 Å². The number of likely N-dealkylation sites (tertiary alicyclic amines) is 1. The zero-order valence-electron chi connectivity index (χ0n) is 14.6. The van der Waals surface area contributed by atoms with Crippen LogP contribution in [0.5, 0.6) is 0 Å². The molecular formula is C20H24ClNO3. The van der Waals surface area contributed by atoms with Gasteiger partial charge < -0.3 is 14.4 Å². The Morgan fingerprint density at radius 1 is 1.04 bits per heavy atom. The van der Waals surface area contributed by atoms with Gasteiger partial charge in [0, 0.05) is 20.2 Å². The molecule has 0 saturated carbocycles. The van der Waals surface area contributed by atoms with Crippen molar-refractivity contribution in [3.63, 3.8) is 0 Å². The van der Waals surface area contributed by atoms with Crippen LogP contribution in [0.2, 0.25) is 0 Å². The Morgan fingerprint density at radius 3 is 1.96 bits per heavy atom. The Bertz CT molecular complexity index is 638. The molecule has 0 bridgehead atoms. The first kappa shape index (κ1) is 19.4. The summed E-state index contributed by atoms with van der Waals surface area (Å²) in [7, 11) is 3.59. The molecule has 4 nitrogen and oxygen atoms in total. The standard InChI is InChI=1S/C20H23NO3.ClH/c1-21-14-13-18(15-21)24-19(22)20(23-2,16-9-5-3-6-10-16)17-11-7-4-8-12-17;/h3-12,18H,13-15H2,1-2H3;1H. The Morgan fingerprint density at radius 2 is 1.56 bits per heavy atom. The van der Waals surface area contributed by atoms with Crippen LogP contribution < -0.4 is 0 Å². The van der Waals surface area contributed by atoms with Crippen LogP contribution in [0.4, 0.5) is 0 Å². The van der Waals surface area contributed by atoms with Gasteiger partial charge in [0.25, 0.3) is 0 Å². The van der Waals surface area contributed by atoms with E-state index in [4.69, 9.17) is 9.47 Å². The summed E-state index contributed by atoms with van der Waals surface area (Å²) in [6, 6.07) is 19.1. The van der Waals surface area contributed by atoms with Crippen LogP contribution in [0.15, 0.2) is 60.7 Å². The maximum Gasteiger partial charge on any atom is 0.348 e. The number of rotatable bonds is 5. The lowest BCUT2D eigenvalue weighted by Gasteiger charge is -2.32. The summed E-state index contributed by atoms with van der Waals surface area (Å²) in [4.78, 5) is 15.4. The fourth-order valence-electron chi connectivity index (χ4n) is 3.29. The third-order valence-electron chi connectivity index (χ3n) is 4.58. The van der Waals surface area contributed by atoms with Crippen LogP contribution in [0.25, 0.3) is 0 Å². The van der Waals surface area contributed by atoms with Gasteiger partial charge in [-0.1, -0.05) is 60.7 Å². The number of carbonyl (C=O) groups is 1. The number of nitrogens with zero attached hydrogens (tertiary/aromatic N) is 1. The monoisotopic (exact) mass is 361 g/mol. The zero-order chi connectivity index (χ0) is 17.0. The molecule has 25 heavy (non-hydrogen) atoms. The third-order valence-corrected chi connectivity index (χ3v) is 4.58. The fraction of sp³-hybridized carbons (Fsp3) is 0.350. The van der Waals surface area contributed by atoms with E-state index < -0.39 is 5.60 Å². The van der Waals surface area contributed by atoms with Crippen molar-refractivity contribution in [2.75, 3.05) is 27.2 Å². The first-order valence-corrected chi connectivity index (χ1v) is 8.22. The highest BCUT2D eigenvalue weighted by molar-refractivity contribution is 5.86. The van der Waals surface area contributed by atoms with Crippen molar-refractivity contribution in [1.82, 2.24) is 4.90 Å². The van der Waals surface area contributed by atoms with Gasteiger partial charge in [-0.15, -0.1) is 12.4 Å². The normalized spacial score (nSPS) is 17.8. The molecule has 0 aromatic heterocycles. The number of ether oxygens (including phenoxy) is 2. The number of likely N-dealkylation sites (N-methyl/N-ethyl adjacent to an activating group) is 1. The van der Waals surface area contributed by atoms with Crippen LogP contribution in [-0.4, -0.2) is 44.2 Å². The van der Waals surface area contributed by atoms with E-state index in [1.165, 1.54) is 0 Å². The van der Waals surface area contributed by atoms with Gasteiger partial charge in [0.05, 0.1) is 0 Å². The number of halogens is 1. The average molecular weight is 362 g/mol. The van der Waals surface area contributed by atoms with Crippen molar-refractivity contribution in [3.05, 3.63) is 71.8 Å². The zero-order valence-corrected chi connectivity index (χ0v) is 15.4. The van der Waals surface area contributed by atoms with Crippen LogP contribution in [0, 0.1) is 0 Å². The van der Waals surface area contributed by atoms with Gasteiger partial charge >= 0.3 is 5.97 Å². The second-order valence-electron chi connectivity index (χ2n) is 6.20. The maximum atomic E-state index is 13.2. The minimum atomic E-state index is -1.25. The Hall–Kier alpha value is -1.88. The van der Waals surface area contributed by atoms with E-state index in [0.717, 1.165) is 30.6 Å². The van der Waals surface area contributed by atoms with Crippen LogP contribution in [0.3, 0.4) is 0 Å². The highest BCUT2D eigenvalue weighted by atomic mass is 35.5. The van der Waals surface area contributed by atoms with E-state index in [-0.39, 0.29) is 24.5 Å². The van der Waals surface area contributed by atoms with Crippen LogP contribution in [-0.2, 0) is 19.9 Å². The molecule has 3 rings (SSSR count). The molecule has 1 aliphatic rings. The lowest BCUT2D eigenvalue weighted by Crippen LogP contribution is -2.42. The van der Waals surface area contributed by atoms with E-state index in [9.17, 15) is 4.79 Å². The lowest BCUT2D eigenvalue weighted by atomic mass is 9.86. The fourth-order valence-corrected chi connectivity index (χ4v) is 3.29. The lowest BCUT2D eigenvalue weighted by molar-refractivity contribution is -0.170. The first-order chi connectivity index (χ1) is 11.7. The van der Waals surface area contributed by atoms with Crippen molar-refractivity contribution < 1.29 is 14.3 Å².